The molecule has 0 aliphatic carbocycles. The monoisotopic (exact) mass is 266 g/mol. The minimum atomic E-state index is 0.178. The molecule has 4 heteroatoms. The number of benzene rings is 1. The molecular formula is C14H19ClN2O. The highest BCUT2D eigenvalue weighted by atomic mass is 35.5. The van der Waals surface area contributed by atoms with Gasteiger partial charge in [-0.25, -0.2) is 4.98 Å². The standard InChI is InChI=1S/C14H19ClN2O/c1-14(2,3)9-17-10-6-5-7-11(18-4)13(10)16-12(17)8-15/h5-7H,8-9H2,1-4H3. The number of methoxy groups -OCH3 is 1. The molecule has 0 aliphatic heterocycles. The summed E-state index contributed by atoms with van der Waals surface area (Å²) in [6, 6.07) is 5.97. The van der Waals surface area contributed by atoms with Crippen molar-refractivity contribution in [1.29, 1.82) is 0 Å². The van der Waals surface area contributed by atoms with Gasteiger partial charge in [-0.15, -0.1) is 11.6 Å². The number of para-hydroxylation sites is 1. The van der Waals surface area contributed by atoms with Gasteiger partial charge in [0.1, 0.15) is 17.1 Å². The molecule has 2 aromatic rings. The van der Waals surface area contributed by atoms with Crippen molar-refractivity contribution in [2.45, 2.75) is 33.2 Å². The number of imidazole rings is 1. The van der Waals surface area contributed by atoms with Crippen LogP contribution in [-0.2, 0) is 12.4 Å². The minimum absolute atomic E-state index is 0.178. The number of fused-ring (bicyclic) bond motifs is 1. The number of hydrogen-bond donors (Lipinski definition) is 0. The molecule has 1 aromatic heterocycles. The van der Waals surface area contributed by atoms with E-state index in [-0.39, 0.29) is 5.41 Å². The van der Waals surface area contributed by atoms with Crippen LogP contribution in [0.3, 0.4) is 0 Å². The number of ether oxygens (including phenoxy) is 1. The zero-order valence-electron chi connectivity index (χ0n) is 11.3. The molecule has 0 fully saturated rings. The first kappa shape index (κ1) is 13.2. The van der Waals surface area contributed by atoms with E-state index in [1.54, 1.807) is 7.11 Å². The van der Waals surface area contributed by atoms with Gasteiger partial charge in [0.25, 0.3) is 0 Å². The molecule has 0 unspecified atom stereocenters. The van der Waals surface area contributed by atoms with Crippen molar-refractivity contribution in [3.8, 4) is 5.75 Å². The molecule has 1 aromatic carbocycles. The predicted octanol–water partition coefficient (Wildman–Crippen LogP) is 3.83. The normalized spacial score (nSPS) is 12.1. The van der Waals surface area contributed by atoms with Gasteiger partial charge in [0, 0.05) is 6.54 Å². The van der Waals surface area contributed by atoms with Crippen LogP contribution in [0.2, 0.25) is 0 Å². The van der Waals surface area contributed by atoms with Gasteiger partial charge in [-0.05, 0) is 17.5 Å². The van der Waals surface area contributed by atoms with Gasteiger partial charge in [-0.3, -0.25) is 0 Å². The Labute approximate surface area is 113 Å². The van der Waals surface area contributed by atoms with Crippen LogP contribution in [0.5, 0.6) is 5.75 Å². The lowest BCUT2D eigenvalue weighted by Gasteiger charge is -2.20. The molecule has 0 aliphatic rings. The lowest BCUT2D eigenvalue weighted by atomic mass is 9.97. The Morgan fingerprint density at radius 1 is 1.33 bits per heavy atom. The van der Waals surface area contributed by atoms with Crippen molar-refractivity contribution >= 4 is 22.6 Å². The molecule has 0 radical (unpaired) electrons. The maximum Gasteiger partial charge on any atom is 0.146 e. The molecule has 1 heterocycles. The molecule has 18 heavy (non-hydrogen) atoms. The maximum absolute atomic E-state index is 6.00. The molecule has 98 valence electrons. The average molecular weight is 267 g/mol. The van der Waals surface area contributed by atoms with E-state index in [4.69, 9.17) is 16.3 Å². The third-order valence-electron chi connectivity index (χ3n) is 2.79. The maximum atomic E-state index is 6.00. The van der Waals surface area contributed by atoms with Crippen LogP contribution in [0.1, 0.15) is 26.6 Å². The third kappa shape index (κ3) is 2.46. The Kier molecular flexibility index (Phi) is 3.53. The van der Waals surface area contributed by atoms with Gasteiger partial charge >= 0.3 is 0 Å². The van der Waals surface area contributed by atoms with Crippen LogP contribution >= 0.6 is 11.6 Å². The van der Waals surface area contributed by atoms with Gasteiger partial charge in [-0.1, -0.05) is 26.8 Å². The van der Waals surface area contributed by atoms with Crippen molar-refractivity contribution in [3.63, 3.8) is 0 Å². The second kappa shape index (κ2) is 4.81. The summed E-state index contributed by atoms with van der Waals surface area (Å²) < 4.78 is 7.54. The summed E-state index contributed by atoms with van der Waals surface area (Å²) >= 11 is 6.00. The number of halogens is 1. The van der Waals surface area contributed by atoms with Crippen LogP contribution in [-0.4, -0.2) is 16.7 Å². The van der Waals surface area contributed by atoms with Crippen molar-refractivity contribution in [3.05, 3.63) is 24.0 Å². The van der Waals surface area contributed by atoms with Crippen molar-refractivity contribution in [2.75, 3.05) is 7.11 Å². The first-order valence-electron chi connectivity index (χ1n) is 6.04. The molecule has 0 spiro atoms. The van der Waals surface area contributed by atoms with E-state index in [9.17, 15) is 0 Å². The number of alkyl halides is 1. The van der Waals surface area contributed by atoms with Crippen LogP contribution in [0, 0.1) is 5.41 Å². The highest BCUT2D eigenvalue weighted by Gasteiger charge is 2.18. The van der Waals surface area contributed by atoms with Gasteiger partial charge in [0.2, 0.25) is 0 Å². The predicted molar refractivity (Wildman–Crippen MR) is 75.3 cm³/mol. The molecule has 0 saturated carbocycles. The smallest absolute Gasteiger partial charge is 0.146 e. The van der Waals surface area contributed by atoms with Crippen LogP contribution in [0.25, 0.3) is 11.0 Å². The van der Waals surface area contributed by atoms with E-state index in [0.717, 1.165) is 29.2 Å². The highest BCUT2D eigenvalue weighted by Crippen LogP contribution is 2.29. The van der Waals surface area contributed by atoms with Crippen molar-refractivity contribution in [2.24, 2.45) is 5.41 Å². The summed E-state index contributed by atoms with van der Waals surface area (Å²) in [5, 5.41) is 0. The minimum Gasteiger partial charge on any atom is -0.494 e. The molecule has 0 saturated heterocycles. The number of hydrogen-bond acceptors (Lipinski definition) is 2. The fourth-order valence-electron chi connectivity index (χ4n) is 2.09. The van der Waals surface area contributed by atoms with Crippen molar-refractivity contribution in [1.82, 2.24) is 9.55 Å². The molecule has 0 amide bonds. The van der Waals surface area contributed by atoms with Gasteiger partial charge in [0.15, 0.2) is 0 Å². The second-order valence-corrected chi connectivity index (χ2v) is 5.90. The quantitative estimate of drug-likeness (QED) is 0.790. The van der Waals surface area contributed by atoms with Gasteiger partial charge in [0.05, 0.1) is 18.5 Å². The zero-order valence-corrected chi connectivity index (χ0v) is 12.1. The fourth-order valence-corrected chi connectivity index (χ4v) is 2.29. The van der Waals surface area contributed by atoms with Crippen LogP contribution in [0.15, 0.2) is 18.2 Å². The van der Waals surface area contributed by atoms with E-state index in [0.29, 0.717) is 5.88 Å². The zero-order chi connectivity index (χ0) is 13.3. The molecule has 0 N–H and O–H groups in total. The summed E-state index contributed by atoms with van der Waals surface area (Å²) in [4.78, 5) is 4.59. The van der Waals surface area contributed by atoms with E-state index in [2.05, 4.69) is 36.4 Å². The summed E-state index contributed by atoms with van der Waals surface area (Å²) in [5.74, 6) is 2.10. The molecule has 3 nitrogen and oxygen atoms in total. The average Bonchev–Trinajstić information content (AvgIpc) is 2.65. The van der Waals surface area contributed by atoms with Crippen LogP contribution in [0.4, 0.5) is 0 Å². The van der Waals surface area contributed by atoms with E-state index in [1.807, 2.05) is 12.1 Å². The topological polar surface area (TPSA) is 27.1 Å². The Balaban J connectivity index is 2.63. The first-order chi connectivity index (χ1) is 8.46. The first-order valence-corrected chi connectivity index (χ1v) is 6.58. The Morgan fingerprint density at radius 3 is 2.61 bits per heavy atom. The summed E-state index contributed by atoms with van der Waals surface area (Å²) in [6.45, 7) is 7.50. The molecule has 0 atom stereocenters. The van der Waals surface area contributed by atoms with Gasteiger partial charge in [-0.2, -0.15) is 0 Å². The second-order valence-electron chi connectivity index (χ2n) is 5.64. The number of aromatic nitrogens is 2. The summed E-state index contributed by atoms with van der Waals surface area (Å²) in [5.41, 5.74) is 2.15. The third-order valence-corrected chi connectivity index (χ3v) is 3.03. The van der Waals surface area contributed by atoms with E-state index in [1.165, 1.54) is 0 Å². The lowest BCUT2D eigenvalue weighted by Crippen LogP contribution is -2.17. The molecule has 0 bridgehead atoms. The number of rotatable bonds is 3. The SMILES string of the molecule is COc1cccc2c1nc(CCl)n2CC(C)(C)C. The van der Waals surface area contributed by atoms with Gasteiger partial charge < -0.3 is 9.30 Å². The van der Waals surface area contributed by atoms with Crippen LogP contribution < -0.4 is 4.74 Å². The van der Waals surface area contributed by atoms with Crippen molar-refractivity contribution < 1.29 is 4.74 Å². The largest absolute Gasteiger partial charge is 0.494 e. The lowest BCUT2D eigenvalue weighted by molar-refractivity contribution is 0.344. The Morgan fingerprint density at radius 2 is 2.06 bits per heavy atom. The van der Waals surface area contributed by atoms with E-state index >= 15 is 0 Å². The summed E-state index contributed by atoms with van der Waals surface area (Å²) in [7, 11) is 1.66. The molecule has 2 rings (SSSR count). The number of nitrogens with zero attached hydrogens (tertiary/aromatic N) is 2. The Bertz CT molecular complexity index is 555. The summed E-state index contributed by atoms with van der Waals surface area (Å²) in [6.07, 6.45) is 0. The molecular weight excluding hydrogens is 248 g/mol. The fraction of sp³-hybridized carbons (Fsp3) is 0.500. The van der Waals surface area contributed by atoms with E-state index < -0.39 is 0 Å². The Hall–Kier alpha value is -1.22. The highest BCUT2D eigenvalue weighted by molar-refractivity contribution is 6.16.